The largest absolute Gasteiger partial charge is 0.129 e. The lowest BCUT2D eigenvalue weighted by atomic mass is 10.1. The van der Waals surface area contributed by atoms with Gasteiger partial charge in [0, 0.05) is 10.0 Å². The Kier molecular flexibility index (Phi) is 3.57. The van der Waals surface area contributed by atoms with Crippen molar-refractivity contribution in [1.82, 2.24) is 0 Å². The third kappa shape index (κ3) is 3.32. The Morgan fingerprint density at radius 1 is 1.21 bits per heavy atom. The molecule has 74 valence electrons. The third-order valence-corrected chi connectivity index (χ3v) is 3.57. The van der Waals surface area contributed by atoms with Gasteiger partial charge in [0.05, 0.1) is 0 Å². The zero-order valence-corrected chi connectivity index (χ0v) is 11.7. The molecule has 0 spiro atoms. The molecular weight excluding hydrogens is 252 g/mol. The van der Waals surface area contributed by atoms with Crippen LogP contribution in [0.15, 0.2) is 22.7 Å². The van der Waals surface area contributed by atoms with E-state index in [0.717, 1.165) is 10.0 Å². The van der Waals surface area contributed by atoms with Crippen molar-refractivity contribution in [2.75, 3.05) is 0 Å². The van der Waals surface area contributed by atoms with E-state index in [2.05, 4.69) is 66.1 Å². The normalized spacial score (nSPS) is 10.6. The van der Waals surface area contributed by atoms with Gasteiger partial charge >= 0.3 is 0 Å². The molecule has 1 rings (SSSR count). The first-order chi connectivity index (χ1) is 6.40. The molecule has 0 saturated carbocycles. The maximum atomic E-state index is 3.51. The zero-order chi connectivity index (χ0) is 10.8. The molecule has 2 heteroatoms. The number of rotatable bonds is 0. The maximum Gasteiger partial charge on any atom is 0.129 e. The average Bonchev–Trinajstić information content (AvgIpc) is 2.06. The molecule has 0 atom stereocenters. The molecule has 1 aromatic carbocycles. The van der Waals surface area contributed by atoms with Crippen molar-refractivity contribution in [3.8, 4) is 11.5 Å². The topological polar surface area (TPSA) is 0 Å². The molecule has 0 aliphatic rings. The second kappa shape index (κ2) is 4.33. The van der Waals surface area contributed by atoms with Crippen LogP contribution in [-0.4, -0.2) is 8.07 Å². The van der Waals surface area contributed by atoms with Gasteiger partial charge in [0.15, 0.2) is 0 Å². The average molecular weight is 267 g/mol. The van der Waals surface area contributed by atoms with E-state index in [9.17, 15) is 0 Å². The minimum Gasteiger partial charge on any atom is -0.127 e. The molecule has 0 fully saturated rings. The predicted molar refractivity (Wildman–Crippen MR) is 69.1 cm³/mol. The molecule has 1 aromatic rings. The summed E-state index contributed by atoms with van der Waals surface area (Å²) in [6.07, 6.45) is 0. The Balaban J connectivity index is 3.08. The summed E-state index contributed by atoms with van der Waals surface area (Å²) in [4.78, 5) is 0. The van der Waals surface area contributed by atoms with Gasteiger partial charge in [-0.05, 0) is 24.6 Å². The van der Waals surface area contributed by atoms with Crippen LogP contribution in [0.3, 0.4) is 0 Å². The SMILES string of the molecule is Cc1c(Br)cccc1C#C[Si](C)(C)C. The molecule has 0 aliphatic heterocycles. The van der Waals surface area contributed by atoms with Crippen molar-refractivity contribution in [1.29, 1.82) is 0 Å². The predicted octanol–water partition coefficient (Wildman–Crippen LogP) is 3.99. The monoisotopic (exact) mass is 266 g/mol. The van der Waals surface area contributed by atoms with Crippen LogP contribution in [0.5, 0.6) is 0 Å². The van der Waals surface area contributed by atoms with Crippen LogP contribution in [-0.2, 0) is 0 Å². The van der Waals surface area contributed by atoms with Crippen molar-refractivity contribution >= 4 is 24.0 Å². The lowest BCUT2D eigenvalue weighted by molar-refractivity contribution is 1.40. The van der Waals surface area contributed by atoms with Crippen LogP contribution in [0.1, 0.15) is 11.1 Å². The van der Waals surface area contributed by atoms with Crippen molar-refractivity contribution in [2.24, 2.45) is 0 Å². The van der Waals surface area contributed by atoms with E-state index in [0.29, 0.717) is 0 Å². The molecule has 0 N–H and O–H groups in total. The van der Waals surface area contributed by atoms with Crippen molar-refractivity contribution in [2.45, 2.75) is 26.6 Å². The first-order valence-corrected chi connectivity index (χ1v) is 8.98. The van der Waals surface area contributed by atoms with Crippen molar-refractivity contribution in [3.63, 3.8) is 0 Å². The van der Waals surface area contributed by atoms with Crippen LogP contribution in [0.25, 0.3) is 0 Å². The van der Waals surface area contributed by atoms with E-state index in [1.54, 1.807) is 0 Å². The fraction of sp³-hybridized carbons (Fsp3) is 0.333. The minimum absolute atomic E-state index is 1.14. The molecule has 0 heterocycles. The van der Waals surface area contributed by atoms with E-state index in [1.165, 1.54) is 5.56 Å². The first kappa shape index (κ1) is 11.6. The van der Waals surface area contributed by atoms with Gasteiger partial charge in [-0.25, -0.2) is 0 Å². The Morgan fingerprint density at radius 3 is 2.43 bits per heavy atom. The minimum atomic E-state index is -1.26. The van der Waals surface area contributed by atoms with Gasteiger partial charge in [0.1, 0.15) is 8.07 Å². The van der Waals surface area contributed by atoms with Gasteiger partial charge < -0.3 is 0 Å². The fourth-order valence-electron chi connectivity index (χ4n) is 0.998. The Labute approximate surface area is 95.9 Å². The highest BCUT2D eigenvalue weighted by Gasteiger charge is 2.07. The molecule has 0 saturated heterocycles. The highest BCUT2D eigenvalue weighted by atomic mass is 79.9. The number of halogens is 1. The van der Waals surface area contributed by atoms with E-state index in [-0.39, 0.29) is 0 Å². The molecule has 0 bridgehead atoms. The molecular formula is C12H15BrSi. The maximum absolute atomic E-state index is 3.51. The molecule has 0 radical (unpaired) electrons. The van der Waals surface area contributed by atoms with Crippen molar-refractivity contribution < 1.29 is 0 Å². The summed E-state index contributed by atoms with van der Waals surface area (Å²) in [5.41, 5.74) is 5.75. The van der Waals surface area contributed by atoms with Crippen LogP contribution in [0.2, 0.25) is 19.6 Å². The summed E-state index contributed by atoms with van der Waals surface area (Å²) in [5.74, 6) is 3.28. The van der Waals surface area contributed by atoms with Gasteiger partial charge in [-0.2, -0.15) is 0 Å². The van der Waals surface area contributed by atoms with E-state index in [4.69, 9.17) is 0 Å². The molecule has 0 aromatic heterocycles. The van der Waals surface area contributed by atoms with Gasteiger partial charge in [-0.1, -0.05) is 47.6 Å². The van der Waals surface area contributed by atoms with Crippen LogP contribution in [0, 0.1) is 18.4 Å². The molecule has 14 heavy (non-hydrogen) atoms. The van der Waals surface area contributed by atoms with Crippen LogP contribution < -0.4 is 0 Å². The van der Waals surface area contributed by atoms with Gasteiger partial charge in [0.25, 0.3) is 0 Å². The van der Waals surface area contributed by atoms with E-state index in [1.807, 2.05) is 6.07 Å². The molecule has 0 amide bonds. The number of benzene rings is 1. The molecule has 0 aliphatic carbocycles. The van der Waals surface area contributed by atoms with Crippen LogP contribution in [0.4, 0.5) is 0 Å². The number of hydrogen-bond donors (Lipinski definition) is 0. The highest BCUT2D eigenvalue weighted by Crippen LogP contribution is 2.18. The summed E-state index contributed by atoms with van der Waals surface area (Å²) >= 11 is 3.51. The first-order valence-electron chi connectivity index (χ1n) is 4.68. The summed E-state index contributed by atoms with van der Waals surface area (Å²) in [6.45, 7) is 8.87. The third-order valence-electron chi connectivity index (χ3n) is 1.84. The van der Waals surface area contributed by atoms with E-state index >= 15 is 0 Å². The summed E-state index contributed by atoms with van der Waals surface area (Å²) in [7, 11) is -1.26. The zero-order valence-electron chi connectivity index (χ0n) is 9.11. The van der Waals surface area contributed by atoms with E-state index < -0.39 is 8.07 Å². The summed E-state index contributed by atoms with van der Waals surface area (Å²) in [5, 5.41) is 0. The summed E-state index contributed by atoms with van der Waals surface area (Å²) < 4.78 is 1.14. The Bertz CT molecular complexity index is 391. The second-order valence-corrected chi connectivity index (χ2v) is 10.0. The van der Waals surface area contributed by atoms with Gasteiger partial charge in [0.2, 0.25) is 0 Å². The lowest BCUT2D eigenvalue weighted by Gasteiger charge is -2.05. The van der Waals surface area contributed by atoms with Gasteiger partial charge in [-0.3, -0.25) is 0 Å². The summed E-state index contributed by atoms with van der Waals surface area (Å²) in [6, 6.07) is 6.16. The van der Waals surface area contributed by atoms with Gasteiger partial charge in [-0.15, -0.1) is 5.54 Å². The smallest absolute Gasteiger partial charge is 0.127 e. The lowest BCUT2D eigenvalue weighted by Crippen LogP contribution is -2.16. The second-order valence-electron chi connectivity index (χ2n) is 4.41. The Morgan fingerprint density at radius 2 is 1.86 bits per heavy atom. The Hall–Kier alpha value is -0.523. The quantitative estimate of drug-likeness (QED) is 0.492. The molecule has 0 nitrogen and oxygen atoms in total. The standard InChI is InChI=1S/C12H15BrSi/c1-10-11(6-5-7-12(10)13)8-9-14(2,3)4/h5-7H,1-4H3. The van der Waals surface area contributed by atoms with Crippen LogP contribution >= 0.6 is 15.9 Å². The highest BCUT2D eigenvalue weighted by molar-refractivity contribution is 9.10. The molecule has 0 unspecified atom stereocenters. The van der Waals surface area contributed by atoms with Crippen molar-refractivity contribution in [3.05, 3.63) is 33.8 Å². The number of hydrogen-bond acceptors (Lipinski definition) is 0. The fourth-order valence-corrected chi connectivity index (χ4v) is 1.87.